The van der Waals surface area contributed by atoms with Crippen LogP contribution in [0.5, 0.6) is 0 Å². The van der Waals surface area contributed by atoms with Crippen LogP contribution in [0.4, 0.5) is 5.69 Å². The molecule has 106 valence electrons. The van der Waals surface area contributed by atoms with E-state index in [0.29, 0.717) is 5.02 Å². The molecule has 1 aliphatic rings. The zero-order chi connectivity index (χ0) is 13.8. The Kier molecular flexibility index (Phi) is 5.12. The first-order valence-electron chi connectivity index (χ1n) is 7.26. The van der Waals surface area contributed by atoms with Gasteiger partial charge in [0.15, 0.2) is 0 Å². The Bertz CT molecular complexity index is 419. The summed E-state index contributed by atoms with van der Waals surface area (Å²) in [6, 6.07) is 6.00. The smallest absolute Gasteiger partial charge is 0.0696 e. The van der Waals surface area contributed by atoms with Crippen molar-refractivity contribution in [3.63, 3.8) is 0 Å². The largest absolute Gasteiger partial charge is 0.392 e. The van der Waals surface area contributed by atoms with Crippen molar-refractivity contribution in [3.05, 3.63) is 28.8 Å². The van der Waals surface area contributed by atoms with E-state index in [1.165, 1.54) is 24.9 Å². The molecule has 1 unspecified atom stereocenters. The van der Waals surface area contributed by atoms with Crippen LogP contribution in [0, 0.1) is 11.8 Å². The van der Waals surface area contributed by atoms with E-state index in [2.05, 4.69) is 24.8 Å². The second-order valence-corrected chi connectivity index (χ2v) is 6.26. The molecule has 1 aromatic carbocycles. The number of rotatable bonds is 3. The lowest BCUT2D eigenvalue weighted by Crippen LogP contribution is -2.24. The second-order valence-electron chi connectivity index (χ2n) is 5.86. The van der Waals surface area contributed by atoms with E-state index in [1.54, 1.807) is 0 Å². The molecular weight excluding hydrogens is 258 g/mol. The Hall–Kier alpha value is -0.730. The molecule has 0 bridgehead atoms. The molecule has 1 heterocycles. The van der Waals surface area contributed by atoms with Gasteiger partial charge < -0.3 is 10.0 Å². The van der Waals surface area contributed by atoms with Crippen LogP contribution in [0.1, 0.15) is 38.7 Å². The van der Waals surface area contributed by atoms with Crippen LogP contribution < -0.4 is 4.90 Å². The number of aliphatic hydroxyl groups excluding tert-OH is 1. The first kappa shape index (κ1) is 14.7. The van der Waals surface area contributed by atoms with Crippen molar-refractivity contribution >= 4 is 17.3 Å². The maximum atomic E-state index is 9.16. The Morgan fingerprint density at radius 1 is 1.32 bits per heavy atom. The Morgan fingerprint density at radius 3 is 2.74 bits per heavy atom. The number of benzene rings is 1. The zero-order valence-electron chi connectivity index (χ0n) is 11.9. The summed E-state index contributed by atoms with van der Waals surface area (Å²) >= 11 is 6.18. The van der Waals surface area contributed by atoms with Gasteiger partial charge in [-0.1, -0.05) is 31.5 Å². The highest BCUT2D eigenvalue weighted by Crippen LogP contribution is 2.29. The molecule has 0 aliphatic carbocycles. The lowest BCUT2D eigenvalue weighted by molar-refractivity contribution is 0.282. The van der Waals surface area contributed by atoms with E-state index in [-0.39, 0.29) is 6.61 Å². The van der Waals surface area contributed by atoms with E-state index in [9.17, 15) is 0 Å². The fraction of sp³-hybridized carbons (Fsp3) is 0.625. The first-order chi connectivity index (χ1) is 9.11. The van der Waals surface area contributed by atoms with Crippen molar-refractivity contribution in [3.8, 4) is 0 Å². The highest BCUT2D eigenvalue weighted by atomic mass is 35.5. The standard InChI is InChI=1S/C16H24ClNO/c1-12(2)13-4-3-8-18(9-7-13)15-6-5-14(11-19)16(17)10-15/h5-6,10,12-13,19H,3-4,7-9,11H2,1-2H3. The minimum Gasteiger partial charge on any atom is -0.392 e. The molecule has 19 heavy (non-hydrogen) atoms. The molecule has 0 radical (unpaired) electrons. The number of halogens is 1. The Labute approximate surface area is 121 Å². The molecule has 1 aliphatic heterocycles. The van der Waals surface area contributed by atoms with Crippen molar-refractivity contribution in [2.75, 3.05) is 18.0 Å². The summed E-state index contributed by atoms with van der Waals surface area (Å²) in [6.45, 7) is 6.88. The molecule has 1 aromatic rings. The summed E-state index contributed by atoms with van der Waals surface area (Å²) in [5.74, 6) is 1.62. The predicted octanol–water partition coefficient (Wildman–Crippen LogP) is 4.09. The molecule has 0 saturated carbocycles. The summed E-state index contributed by atoms with van der Waals surface area (Å²) in [5.41, 5.74) is 1.99. The van der Waals surface area contributed by atoms with Crippen LogP contribution in [-0.4, -0.2) is 18.2 Å². The van der Waals surface area contributed by atoms with Gasteiger partial charge in [-0.05, 0) is 48.8 Å². The number of nitrogens with zero attached hydrogens (tertiary/aromatic N) is 1. The van der Waals surface area contributed by atoms with Crippen LogP contribution >= 0.6 is 11.6 Å². The fourth-order valence-electron chi connectivity index (χ4n) is 2.91. The van der Waals surface area contributed by atoms with Gasteiger partial charge in [-0.15, -0.1) is 0 Å². The fourth-order valence-corrected chi connectivity index (χ4v) is 3.14. The van der Waals surface area contributed by atoms with E-state index in [4.69, 9.17) is 16.7 Å². The maximum Gasteiger partial charge on any atom is 0.0696 e. The van der Waals surface area contributed by atoms with Crippen LogP contribution in [0.3, 0.4) is 0 Å². The van der Waals surface area contributed by atoms with Crippen LogP contribution in [0.2, 0.25) is 5.02 Å². The molecule has 1 atom stereocenters. The maximum absolute atomic E-state index is 9.16. The van der Waals surface area contributed by atoms with Crippen LogP contribution in [0.25, 0.3) is 0 Å². The van der Waals surface area contributed by atoms with E-state index in [1.807, 2.05) is 12.1 Å². The molecule has 2 rings (SSSR count). The topological polar surface area (TPSA) is 23.5 Å². The van der Waals surface area contributed by atoms with Crippen molar-refractivity contribution in [1.82, 2.24) is 0 Å². The average molecular weight is 282 g/mol. The van der Waals surface area contributed by atoms with Crippen molar-refractivity contribution in [2.45, 2.75) is 39.7 Å². The third-order valence-corrected chi connectivity index (χ3v) is 4.64. The number of aliphatic hydroxyl groups is 1. The van der Waals surface area contributed by atoms with Crippen LogP contribution in [0.15, 0.2) is 18.2 Å². The quantitative estimate of drug-likeness (QED) is 0.902. The second kappa shape index (κ2) is 6.62. The van der Waals surface area contributed by atoms with Gasteiger partial charge >= 0.3 is 0 Å². The normalized spacial score (nSPS) is 20.7. The average Bonchev–Trinajstić information content (AvgIpc) is 2.64. The number of hydrogen-bond acceptors (Lipinski definition) is 2. The zero-order valence-corrected chi connectivity index (χ0v) is 12.7. The summed E-state index contributed by atoms with van der Waals surface area (Å²) in [4.78, 5) is 2.43. The van der Waals surface area contributed by atoms with Crippen molar-refractivity contribution in [1.29, 1.82) is 0 Å². The lowest BCUT2D eigenvalue weighted by Gasteiger charge is -2.24. The molecule has 3 heteroatoms. The third kappa shape index (κ3) is 3.64. The summed E-state index contributed by atoms with van der Waals surface area (Å²) < 4.78 is 0. The molecule has 1 N–H and O–H groups in total. The lowest BCUT2D eigenvalue weighted by atomic mass is 9.89. The Morgan fingerprint density at radius 2 is 2.11 bits per heavy atom. The minimum atomic E-state index is 0.00847. The highest BCUT2D eigenvalue weighted by Gasteiger charge is 2.19. The van der Waals surface area contributed by atoms with Gasteiger partial charge in [-0.2, -0.15) is 0 Å². The van der Waals surface area contributed by atoms with Gasteiger partial charge in [0.1, 0.15) is 0 Å². The summed E-state index contributed by atoms with van der Waals surface area (Å²) in [6.07, 6.45) is 3.84. The summed E-state index contributed by atoms with van der Waals surface area (Å²) in [5, 5.41) is 9.83. The molecule has 1 saturated heterocycles. The van der Waals surface area contributed by atoms with E-state index >= 15 is 0 Å². The first-order valence-corrected chi connectivity index (χ1v) is 7.64. The Balaban J connectivity index is 2.08. The molecule has 2 nitrogen and oxygen atoms in total. The highest BCUT2D eigenvalue weighted by molar-refractivity contribution is 6.31. The molecule has 1 fully saturated rings. The van der Waals surface area contributed by atoms with Gasteiger partial charge in [0.05, 0.1) is 6.61 Å². The monoisotopic (exact) mass is 281 g/mol. The van der Waals surface area contributed by atoms with Gasteiger partial charge in [-0.25, -0.2) is 0 Å². The third-order valence-electron chi connectivity index (χ3n) is 4.29. The van der Waals surface area contributed by atoms with E-state index < -0.39 is 0 Å². The van der Waals surface area contributed by atoms with Crippen LogP contribution in [-0.2, 0) is 6.61 Å². The number of anilines is 1. The summed E-state index contributed by atoms with van der Waals surface area (Å²) in [7, 11) is 0. The molecule has 0 amide bonds. The van der Waals surface area contributed by atoms with Gasteiger partial charge in [0.25, 0.3) is 0 Å². The molecular formula is C16H24ClNO. The van der Waals surface area contributed by atoms with Crippen molar-refractivity contribution < 1.29 is 5.11 Å². The molecule has 0 spiro atoms. The number of hydrogen-bond donors (Lipinski definition) is 1. The van der Waals surface area contributed by atoms with Gasteiger partial charge in [0.2, 0.25) is 0 Å². The van der Waals surface area contributed by atoms with Gasteiger partial charge in [0, 0.05) is 23.8 Å². The predicted molar refractivity (Wildman–Crippen MR) is 81.8 cm³/mol. The minimum absolute atomic E-state index is 0.00847. The molecule has 0 aromatic heterocycles. The van der Waals surface area contributed by atoms with E-state index in [0.717, 1.165) is 30.5 Å². The SMILES string of the molecule is CC(C)C1CCCN(c2ccc(CO)c(Cl)c2)CC1. The van der Waals surface area contributed by atoms with Gasteiger partial charge in [-0.3, -0.25) is 0 Å². The van der Waals surface area contributed by atoms with Crippen molar-refractivity contribution in [2.24, 2.45) is 11.8 Å².